The molecule has 4 heterocycles. The van der Waals surface area contributed by atoms with Gasteiger partial charge in [0, 0.05) is 29.3 Å². The van der Waals surface area contributed by atoms with Crippen LogP contribution in [0, 0.1) is 0 Å². The number of unbranched alkanes of at least 4 members (excludes halogenated alkanes) is 10. The van der Waals surface area contributed by atoms with Crippen molar-refractivity contribution in [2.75, 3.05) is 0 Å². The standard InChI is InChI=1S/C34H46S4/c1-3-5-7-9-11-13-15-27-23-25-35-33(27)31-21-19-29(37-31)17-18-30-20-22-32(38-30)34-28(24-26-36-34)16-14-12-10-8-6-4-2/h19-26H,3-18H2,1-2H3. The van der Waals surface area contributed by atoms with Gasteiger partial charge >= 0.3 is 0 Å². The Morgan fingerprint density at radius 2 is 0.868 bits per heavy atom. The van der Waals surface area contributed by atoms with Gasteiger partial charge in [0.2, 0.25) is 0 Å². The van der Waals surface area contributed by atoms with Crippen molar-refractivity contribution in [2.45, 2.75) is 117 Å². The number of thiophene rings is 4. The maximum atomic E-state index is 2.38. The molecule has 0 saturated heterocycles. The zero-order valence-electron chi connectivity index (χ0n) is 23.6. The number of aryl methyl sites for hydroxylation is 4. The summed E-state index contributed by atoms with van der Waals surface area (Å²) in [7, 11) is 0. The van der Waals surface area contributed by atoms with E-state index in [-0.39, 0.29) is 0 Å². The Bertz CT molecular complexity index is 1080. The molecule has 4 aromatic rings. The number of hydrogen-bond donors (Lipinski definition) is 0. The monoisotopic (exact) mass is 582 g/mol. The van der Waals surface area contributed by atoms with Crippen molar-refractivity contribution in [1.82, 2.24) is 0 Å². The molecule has 0 bridgehead atoms. The molecule has 4 rings (SSSR count). The van der Waals surface area contributed by atoms with E-state index in [9.17, 15) is 0 Å². The van der Waals surface area contributed by atoms with Crippen molar-refractivity contribution in [3.63, 3.8) is 0 Å². The van der Waals surface area contributed by atoms with Gasteiger partial charge < -0.3 is 0 Å². The van der Waals surface area contributed by atoms with E-state index in [2.05, 4.69) is 61.0 Å². The van der Waals surface area contributed by atoms with Crippen molar-refractivity contribution in [3.05, 3.63) is 68.0 Å². The third kappa shape index (κ3) is 9.18. The minimum Gasteiger partial charge on any atom is -0.143 e. The van der Waals surface area contributed by atoms with E-state index in [4.69, 9.17) is 0 Å². The van der Waals surface area contributed by atoms with E-state index in [0.29, 0.717) is 0 Å². The Labute approximate surface area is 248 Å². The summed E-state index contributed by atoms with van der Waals surface area (Å²) in [5.74, 6) is 0. The van der Waals surface area contributed by atoms with Crippen molar-refractivity contribution >= 4 is 45.3 Å². The van der Waals surface area contributed by atoms with Crippen LogP contribution >= 0.6 is 45.3 Å². The highest BCUT2D eigenvalue weighted by Gasteiger charge is 2.12. The third-order valence-electron chi connectivity index (χ3n) is 7.48. The molecule has 0 N–H and O–H groups in total. The zero-order valence-corrected chi connectivity index (χ0v) is 26.8. The Hall–Kier alpha value is -1.20. The van der Waals surface area contributed by atoms with Crippen LogP contribution in [0.25, 0.3) is 19.5 Å². The molecule has 0 fully saturated rings. The van der Waals surface area contributed by atoms with E-state index >= 15 is 0 Å². The van der Waals surface area contributed by atoms with Gasteiger partial charge in [-0.1, -0.05) is 78.1 Å². The quantitative estimate of drug-likeness (QED) is 0.0964. The fraction of sp³-hybridized carbons (Fsp3) is 0.529. The third-order valence-corrected chi connectivity index (χ3v) is 12.0. The van der Waals surface area contributed by atoms with Crippen LogP contribution in [0.1, 0.15) is 112 Å². The molecule has 4 heteroatoms. The second kappa shape index (κ2) is 16.8. The van der Waals surface area contributed by atoms with Crippen LogP contribution in [0.5, 0.6) is 0 Å². The summed E-state index contributed by atoms with van der Waals surface area (Å²) < 4.78 is 0. The van der Waals surface area contributed by atoms with Crippen LogP contribution in [0.4, 0.5) is 0 Å². The summed E-state index contributed by atoms with van der Waals surface area (Å²) in [4.78, 5) is 9.02. The summed E-state index contributed by atoms with van der Waals surface area (Å²) >= 11 is 7.89. The molecule has 0 spiro atoms. The molecule has 0 atom stereocenters. The van der Waals surface area contributed by atoms with Gasteiger partial charge in [-0.25, -0.2) is 0 Å². The van der Waals surface area contributed by atoms with Gasteiger partial charge in [-0.2, -0.15) is 0 Å². The molecule has 0 radical (unpaired) electrons. The Kier molecular flexibility index (Phi) is 13.2. The first-order chi connectivity index (χ1) is 18.8. The molecular formula is C34H46S4. The minimum atomic E-state index is 1.15. The van der Waals surface area contributed by atoms with Crippen molar-refractivity contribution in [3.8, 4) is 19.5 Å². The van der Waals surface area contributed by atoms with E-state index in [1.54, 1.807) is 11.1 Å². The van der Waals surface area contributed by atoms with Crippen LogP contribution in [-0.2, 0) is 25.7 Å². The van der Waals surface area contributed by atoms with E-state index in [0.717, 1.165) is 12.8 Å². The van der Waals surface area contributed by atoms with Gasteiger partial charge in [0.15, 0.2) is 0 Å². The van der Waals surface area contributed by atoms with E-state index < -0.39 is 0 Å². The Morgan fingerprint density at radius 1 is 0.447 bits per heavy atom. The largest absolute Gasteiger partial charge is 0.143 e. The number of hydrogen-bond acceptors (Lipinski definition) is 4. The summed E-state index contributed by atoms with van der Waals surface area (Å²) in [5.41, 5.74) is 3.13. The van der Waals surface area contributed by atoms with Crippen LogP contribution in [0.3, 0.4) is 0 Å². The molecule has 0 amide bonds. The molecule has 4 aromatic heterocycles. The van der Waals surface area contributed by atoms with E-state index in [1.165, 1.54) is 119 Å². The van der Waals surface area contributed by atoms with Crippen LogP contribution in [-0.4, -0.2) is 0 Å². The van der Waals surface area contributed by atoms with Gasteiger partial charge in [0.1, 0.15) is 0 Å². The number of rotatable bonds is 19. The molecule has 0 aliphatic heterocycles. The van der Waals surface area contributed by atoms with Gasteiger partial charge in [-0.3, -0.25) is 0 Å². The smallest absolute Gasteiger partial charge is 0.0474 e. The van der Waals surface area contributed by atoms with Crippen molar-refractivity contribution < 1.29 is 0 Å². The molecule has 206 valence electrons. The highest BCUT2D eigenvalue weighted by molar-refractivity contribution is 7.22. The van der Waals surface area contributed by atoms with Crippen LogP contribution in [0.15, 0.2) is 47.2 Å². The predicted octanol–water partition coefficient (Wildman–Crippen LogP) is 12.9. The lowest BCUT2D eigenvalue weighted by molar-refractivity contribution is 0.608. The molecule has 0 unspecified atom stereocenters. The molecule has 0 aliphatic rings. The van der Waals surface area contributed by atoms with Gasteiger partial charge in [-0.05, 0) is 96.8 Å². The first-order valence-electron chi connectivity index (χ1n) is 15.1. The van der Waals surface area contributed by atoms with Gasteiger partial charge in [0.05, 0.1) is 0 Å². The lowest BCUT2D eigenvalue weighted by Crippen LogP contribution is -1.86. The average molecular weight is 583 g/mol. The summed E-state index contributed by atoms with van der Waals surface area (Å²) in [5, 5.41) is 4.58. The van der Waals surface area contributed by atoms with Crippen LogP contribution < -0.4 is 0 Å². The van der Waals surface area contributed by atoms with Crippen LogP contribution in [0.2, 0.25) is 0 Å². The highest BCUT2D eigenvalue weighted by Crippen LogP contribution is 2.38. The SMILES string of the molecule is CCCCCCCCc1ccsc1-c1ccc(CCc2ccc(-c3sccc3CCCCCCCC)s2)s1. The predicted molar refractivity (Wildman–Crippen MR) is 177 cm³/mol. The topological polar surface area (TPSA) is 0 Å². The maximum Gasteiger partial charge on any atom is 0.0474 e. The fourth-order valence-electron chi connectivity index (χ4n) is 5.20. The highest BCUT2D eigenvalue weighted by atomic mass is 32.1. The molecule has 0 aromatic carbocycles. The maximum absolute atomic E-state index is 2.38. The fourth-order valence-corrected chi connectivity index (χ4v) is 9.46. The first-order valence-corrected chi connectivity index (χ1v) is 18.5. The van der Waals surface area contributed by atoms with Gasteiger partial charge in [-0.15, -0.1) is 45.3 Å². The van der Waals surface area contributed by atoms with Crippen molar-refractivity contribution in [1.29, 1.82) is 0 Å². The molecular weight excluding hydrogens is 537 g/mol. The molecule has 0 aliphatic carbocycles. The average Bonchev–Trinajstić information content (AvgIpc) is 3.73. The van der Waals surface area contributed by atoms with Gasteiger partial charge in [0.25, 0.3) is 0 Å². The molecule has 0 nitrogen and oxygen atoms in total. The second-order valence-electron chi connectivity index (χ2n) is 10.6. The van der Waals surface area contributed by atoms with Crippen molar-refractivity contribution in [2.24, 2.45) is 0 Å². The zero-order chi connectivity index (χ0) is 26.4. The summed E-state index contributed by atoms with van der Waals surface area (Å²) in [6, 6.07) is 14.2. The minimum absolute atomic E-state index is 1.15. The molecule has 38 heavy (non-hydrogen) atoms. The second-order valence-corrected chi connectivity index (χ2v) is 14.8. The summed E-state index contributed by atoms with van der Waals surface area (Å²) in [6.45, 7) is 4.59. The van der Waals surface area contributed by atoms with E-state index in [1.807, 2.05) is 45.3 Å². The summed E-state index contributed by atoms with van der Waals surface area (Å²) in [6.07, 6.45) is 21.2. The Balaban J connectivity index is 1.25. The lowest BCUT2D eigenvalue weighted by atomic mass is 10.1. The first kappa shape index (κ1) is 29.8. The lowest BCUT2D eigenvalue weighted by Gasteiger charge is -2.03. The normalized spacial score (nSPS) is 11.5. The Morgan fingerprint density at radius 3 is 1.32 bits per heavy atom. The molecule has 0 saturated carbocycles.